The van der Waals surface area contributed by atoms with Gasteiger partial charge >= 0.3 is 12.1 Å². The minimum atomic E-state index is -1.38. The van der Waals surface area contributed by atoms with Crippen LogP contribution in [0.15, 0.2) is 0 Å². The largest absolute Gasteiger partial charge is 0.458 e. The van der Waals surface area contributed by atoms with Gasteiger partial charge < -0.3 is 14.8 Å². The number of halogens is 1. The third-order valence-corrected chi connectivity index (χ3v) is 2.74. The smallest absolute Gasteiger partial charge is 0.408 e. The summed E-state index contributed by atoms with van der Waals surface area (Å²) in [6.07, 6.45) is -0.0197. The highest BCUT2D eigenvalue weighted by molar-refractivity contribution is 5.81. The van der Waals surface area contributed by atoms with Crippen LogP contribution in [0.1, 0.15) is 60.8 Å². The highest BCUT2D eigenvalue weighted by atomic mass is 19.1. The predicted octanol–water partition coefficient (Wildman–Crippen LogP) is 3.11. The maximum Gasteiger partial charge on any atom is 0.408 e. The molecule has 0 aromatic carbocycles. The van der Waals surface area contributed by atoms with Crippen LogP contribution in [0, 0.1) is 0 Å². The SMILES string of the molecule is CC(C)(C)OC(=O)NC(CC1(F)CC1)C(=O)OC(C)(C)C. The van der Waals surface area contributed by atoms with E-state index >= 15 is 0 Å². The van der Waals surface area contributed by atoms with Crippen molar-refractivity contribution in [3.05, 3.63) is 0 Å². The van der Waals surface area contributed by atoms with Crippen LogP contribution in [-0.4, -0.2) is 35.0 Å². The number of nitrogens with one attached hydrogen (secondary N) is 1. The van der Waals surface area contributed by atoms with Crippen LogP contribution < -0.4 is 5.32 Å². The van der Waals surface area contributed by atoms with E-state index in [4.69, 9.17) is 9.47 Å². The maximum absolute atomic E-state index is 13.9. The molecule has 21 heavy (non-hydrogen) atoms. The standard InChI is InChI=1S/C15H26FNO4/c1-13(2,3)20-11(18)10(9-15(16)7-8-15)17-12(19)21-14(4,5)6/h10H,7-9H2,1-6H3,(H,17,19). The van der Waals surface area contributed by atoms with Gasteiger partial charge in [-0.05, 0) is 54.4 Å². The first-order valence-corrected chi connectivity index (χ1v) is 7.21. The fourth-order valence-electron chi connectivity index (χ4n) is 1.72. The molecule has 1 fully saturated rings. The van der Waals surface area contributed by atoms with E-state index in [0.29, 0.717) is 12.8 Å². The number of alkyl carbamates (subject to hydrolysis) is 1. The third-order valence-electron chi connectivity index (χ3n) is 2.74. The van der Waals surface area contributed by atoms with Gasteiger partial charge in [0.15, 0.2) is 0 Å². The maximum atomic E-state index is 13.9. The van der Waals surface area contributed by atoms with E-state index in [2.05, 4.69) is 5.32 Å². The lowest BCUT2D eigenvalue weighted by atomic mass is 10.1. The van der Waals surface area contributed by atoms with Gasteiger partial charge in [-0.15, -0.1) is 0 Å². The molecule has 1 atom stereocenters. The van der Waals surface area contributed by atoms with Gasteiger partial charge in [0.25, 0.3) is 0 Å². The van der Waals surface area contributed by atoms with Gasteiger partial charge in [0, 0.05) is 6.42 Å². The zero-order valence-corrected chi connectivity index (χ0v) is 13.7. The number of alkyl halides is 1. The zero-order chi connectivity index (χ0) is 16.5. The van der Waals surface area contributed by atoms with Crippen molar-refractivity contribution in [1.29, 1.82) is 0 Å². The van der Waals surface area contributed by atoms with Gasteiger partial charge in [-0.2, -0.15) is 0 Å². The molecule has 0 radical (unpaired) electrons. The number of carbonyl (C=O) groups is 2. The molecule has 1 aliphatic rings. The molecule has 0 spiro atoms. The Bertz CT molecular complexity index is 405. The van der Waals surface area contributed by atoms with Crippen LogP contribution in [0.2, 0.25) is 0 Å². The van der Waals surface area contributed by atoms with E-state index in [9.17, 15) is 14.0 Å². The number of amides is 1. The summed E-state index contributed by atoms with van der Waals surface area (Å²) in [7, 11) is 0. The average molecular weight is 303 g/mol. The number of rotatable bonds is 4. The lowest BCUT2D eigenvalue weighted by Crippen LogP contribution is -2.47. The Balaban J connectivity index is 2.68. The summed E-state index contributed by atoms with van der Waals surface area (Å²) in [4.78, 5) is 23.9. The molecule has 0 bridgehead atoms. The first-order chi connectivity index (χ1) is 9.30. The fourth-order valence-corrected chi connectivity index (χ4v) is 1.72. The summed E-state index contributed by atoms with van der Waals surface area (Å²) in [6, 6.07) is -1.04. The Morgan fingerprint density at radius 2 is 1.57 bits per heavy atom. The van der Waals surface area contributed by atoms with Crippen LogP contribution in [0.25, 0.3) is 0 Å². The highest BCUT2D eigenvalue weighted by Crippen LogP contribution is 2.44. The Labute approximate surface area is 125 Å². The lowest BCUT2D eigenvalue weighted by molar-refractivity contribution is -0.158. The second-order valence-electron chi connectivity index (χ2n) is 7.59. The molecular formula is C15H26FNO4. The van der Waals surface area contributed by atoms with Crippen molar-refractivity contribution < 1.29 is 23.5 Å². The van der Waals surface area contributed by atoms with Crippen molar-refractivity contribution in [1.82, 2.24) is 5.32 Å². The highest BCUT2D eigenvalue weighted by Gasteiger charge is 2.47. The van der Waals surface area contributed by atoms with E-state index in [1.807, 2.05) is 0 Å². The third kappa shape index (κ3) is 7.29. The monoisotopic (exact) mass is 303 g/mol. The van der Waals surface area contributed by atoms with Crippen LogP contribution in [-0.2, 0) is 14.3 Å². The summed E-state index contributed by atoms with van der Waals surface area (Å²) >= 11 is 0. The van der Waals surface area contributed by atoms with E-state index in [0.717, 1.165) is 0 Å². The molecule has 0 heterocycles. The van der Waals surface area contributed by atoms with E-state index in [1.54, 1.807) is 41.5 Å². The molecule has 1 amide bonds. The first-order valence-electron chi connectivity index (χ1n) is 7.21. The minimum Gasteiger partial charge on any atom is -0.458 e. The summed E-state index contributed by atoms with van der Waals surface area (Å²) in [6.45, 7) is 10.3. The van der Waals surface area contributed by atoms with Crippen molar-refractivity contribution in [2.24, 2.45) is 0 Å². The molecular weight excluding hydrogens is 277 g/mol. The van der Waals surface area contributed by atoms with Crippen molar-refractivity contribution in [2.75, 3.05) is 0 Å². The Morgan fingerprint density at radius 1 is 1.10 bits per heavy atom. The number of hydrogen-bond donors (Lipinski definition) is 1. The average Bonchev–Trinajstić information content (AvgIpc) is 2.89. The molecule has 0 aromatic rings. The van der Waals surface area contributed by atoms with E-state index < -0.39 is 35.0 Å². The van der Waals surface area contributed by atoms with Crippen LogP contribution in [0.3, 0.4) is 0 Å². The number of hydrogen-bond acceptors (Lipinski definition) is 4. The van der Waals surface area contributed by atoms with Gasteiger partial charge in [-0.1, -0.05) is 0 Å². The second kappa shape index (κ2) is 5.81. The lowest BCUT2D eigenvalue weighted by Gasteiger charge is -2.26. The minimum absolute atomic E-state index is 0.0822. The molecule has 0 saturated heterocycles. The van der Waals surface area contributed by atoms with Crippen LogP contribution in [0.4, 0.5) is 9.18 Å². The molecule has 6 heteroatoms. The molecule has 0 aliphatic heterocycles. The number of carbonyl (C=O) groups excluding carboxylic acids is 2. The quantitative estimate of drug-likeness (QED) is 0.810. The zero-order valence-electron chi connectivity index (χ0n) is 13.7. The molecule has 1 saturated carbocycles. The van der Waals surface area contributed by atoms with Crippen LogP contribution in [0.5, 0.6) is 0 Å². The summed E-state index contributed by atoms with van der Waals surface area (Å²) in [5.74, 6) is -0.641. The van der Waals surface area contributed by atoms with Crippen molar-refractivity contribution >= 4 is 12.1 Å². The summed E-state index contributed by atoms with van der Waals surface area (Å²) < 4.78 is 24.3. The van der Waals surface area contributed by atoms with Gasteiger partial charge in [0.1, 0.15) is 22.9 Å². The topological polar surface area (TPSA) is 64.6 Å². The van der Waals surface area contributed by atoms with Gasteiger partial charge in [-0.3, -0.25) is 0 Å². The van der Waals surface area contributed by atoms with Crippen LogP contribution >= 0.6 is 0 Å². The molecule has 1 unspecified atom stereocenters. The van der Waals surface area contributed by atoms with Gasteiger partial charge in [0.2, 0.25) is 0 Å². The number of ether oxygens (including phenoxy) is 2. The Morgan fingerprint density at radius 3 is 1.95 bits per heavy atom. The predicted molar refractivity (Wildman–Crippen MR) is 76.7 cm³/mol. The fraction of sp³-hybridized carbons (Fsp3) is 0.867. The van der Waals surface area contributed by atoms with Gasteiger partial charge in [0.05, 0.1) is 0 Å². The molecule has 1 N–H and O–H groups in total. The molecule has 122 valence electrons. The van der Waals surface area contributed by atoms with E-state index in [-0.39, 0.29) is 6.42 Å². The Hall–Kier alpha value is -1.33. The van der Waals surface area contributed by atoms with Crippen molar-refractivity contribution in [3.63, 3.8) is 0 Å². The van der Waals surface area contributed by atoms with Gasteiger partial charge in [-0.25, -0.2) is 14.0 Å². The second-order valence-corrected chi connectivity index (χ2v) is 7.59. The van der Waals surface area contributed by atoms with Crippen molar-refractivity contribution in [2.45, 2.75) is 83.7 Å². The molecule has 1 rings (SSSR count). The molecule has 0 aromatic heterocycles. The normalized spacial score (nSPS) is 18.6. The Kier molecular flexibility index (Phi) is 4.90. The van der Waals surface area contributed by atoms with E-state index in [1.165, 1.54) is 0 Å². The first kappa shape index (κ1) is 17.7. The molecule has 1 aliphatic carbocycles. The van der Waals surface area contributed by atoms with Crippen molar-refractivity contribution in [3.8, 4) is 0 Å². The number of esters is 1. The molecule has 5 nitrogen and oxygen atoms in total. The summed E-state index contributed by atoms with van der Waals surface area (Å²) in [5.41, 5.74) is -2.76. The summed E-state index contributed by atoms with van der Waals surface area (Å²) in [5, 5.41) is 2.42.